The number of hydrogen-bond acceptors (Lipinski definition) is 7. The Balaban J connectivity index is 1.52. The quantitative estimate of drug-likeness (QED) is 0.134. The van der Waals surface area contributed by atoms with Crippen molar-refractivity contribution in [2.45, 2.75) is 30.6 Å². The van der Waals surface area contributed by atoms with Crippen LogP contribution >= 0.6 is 11.6 Å². The fourth-order valence-electron chi connectivity index (χ4n) is 4.60. The highest BCUT2D eigenvalue weighted by Crippen LogP contribution is 2.49. The van der Waals surface area contributed by atoms with Crippen LogP contribution in [0.1, 0.15) is 34.8 Å². The molecule has 0 radical (unpaired) electrons. The number of alkyl carbamates (subject to hydrolysis) is 1. The summed E-state index contributed by atoms with van der Waals surface area (Å²) in [5, 5.41) is 8.57. The van der Waals surface area contributed by atoms with Gasteiger partial charge in [0.05, 0.1) is 22.3 Å². The van der Waals surface area contributed by atoms with E-state index in [1.165, 1.54) is 49.9 Å². The van der Waals surface area contributed by atoms with Crippen LogP contribution in [0.25, 0.3) is 22.6 Å². The number of aromatic amines is 1. The van der Waals surface area contributed by atoms with E-state index in [0.29, 0.717) is 16.8 Å². The number of hydrogen-bond donors (Lipinski definition) is 3. The summed E-state index contributed by atoms with van der Waals surface area (Å²) in [6, 6.07) is 12.1. The van der Waals surface area contributed by atoms with Gasteiger partial charge in [0.25, 0.3) is 5.91 Å². The summed E-state index contributed by atoms with van der Waals surface area (Å²) >= 11 is 6.38. The van der Waals surface area contributed by atoms with Crippen molar-refractivity contribution in [1.29, 1.82) is 0 Å². The average Bonchev–Trinajstić information content (AvgIpc) is 3.61. The molecule has 5 rings (SSSR count). The molecule has 1 fully saturated rings. The number of halogens is 5. The van der Waals surface area contributed by atoms with Gasteiger partial charge in [-0.15, -0.1) is 0 Å². The Morgan fingerprint density at radius 2 is 1.96 bits per heavy atom. The minimum atomic E-state index is -4.69. The third-order valence-corrected chi connectivity index (χ3v) is 7.55. The summed E-state index contributed by atoms with van der Waals surface area (Å²) in [4.78, 5) is 39.6. The van der Waals surface area contributed by atoms with Crippen molar-refractivity contribution in [3.8, 4) is 22.6 Å². The molecule has 2 aromatic carbocycles. The summed E-state index contributed by atoms with van der Waals surface area (Å²) in [5.41, 5.74) is 4.82. The van der Waals surface area contributed by atoms with E-state index in [9.17, 15) is 22.8 Å². The molecule has 0 spiro atoms. The van der Waals surface area contributed by atoms with Crippen LogP contribution in [0.5, 0.6) is 0 Å². The van der Waals surface area contributed by atoms with Crippen molar-refractivity contribution < 1.29 is 31.9 Å². The van der Waals surface area contributed by atoms with Gasteiger partial charge in [-0.1, -0.05) is 29.8 Å². The van der Waals surface area contributed by atoms with Crippen LogP contribution in [0.2, 0.25) is 5.02 Å². The minimum absolute atomic E-state index is 0.236. The molecule has 45 heavy (non-hydrogen) atoms. The number of alkyl halides is 3. The highest BCUT2D eigenvalue weighted by Gasteiger charge is 2.64. The molecular weight excluding hydrogens is 620 g/mol. The second-order valence-corrected chi connectivity index (χ2v) is 10.5. The van der Waals surface area contributed by atoms with Crippen LogP contribution in [-0.4, -0.2) is 68.4 Å². The molecule has 1 atom stereocenters. The number of aromatic nitrogens is 4. The SMILES string of the molecule is CN=C(N)N(C(=O)c1ccc(-c2ccccn2)cc1F)[C@H](COC(=O)NC1(C(F)(F)F)CC1)c1ccc(Cl)c(-c2ncn[nH]2)c1. The standard InChI is InChI=1S/C29H25ClF4N8O3/c1-36-26(35)42(25(43)18-7-5-16(13-21(18)31)22-4-2-3-11-37-22)23(14-45-27(44)40-28(9-10-28)29(32,33)34)17-6-8-20(30)19(12-17)24-38-15-39-41-24/h2-8,11-13,15,23H,9-10,14H2,1H3,(H2,35,36)(H,40,44)(H,38,39,41)/t23-/m1/s1. The number of carbonyl (C=O) groups excluding carboxylic acids is 2. The molecule has 234 valence electrons. The molecule has 2 aromatic heterocycles. The Morgan fingerprint density at radius 3 is 2.56 bits per heavy atom. The van der Waals surface area contributed by atoms with Gasteiger partial charge in [0.1, 0.15) is 24.3 Å². The maximum atomic E-state index is 15.5. The number of ether oxygens (including phenoxy) is 1. The van der Waals surface area contributed by atoms with Crippen LogP contribution in [0.15, 0.2) is 72.1 Å². The zero-order valence-electron chi connectivity index (χ0n) is 23.5. The van der Waals surface area contributed by atoms with Gasteiger partial charge in [0.2, 0.25) is 0 Å². The predicted octanol–water partition coefficient (Wildman–Crippen LogP) is 5.28. The molecule has 0 aliphatic heterocycles. The van der Waals surface area contributed by atoms with Gasteiger partial charge < -0.3 is 15.8 Å². The fraction of sp³-hybridized carbons (Fsp3) is 0.241. The van der Waals surface area contributed by atoms with Crippen LogP contribution in [-0.2, 0) is 4.74 Å². The molecule has 1 aliphatic carbocycles. The Bertz CT molecular complexity index is 1730. The Labute approximate surface area is 258 Å². The van der Waals surface area contributed by atoms with E-state index in [1.54, 1.807) is 18.2 Å². The van der Waals surface area contributed by atoms with Crippen molar-refractivity contribution in [2.24, 2.45) is 10.7 Å². The van der Waals surface area contributed by atoms with Gasteiger partial charge in [-0.2, -0.15) is 18.3 Å². The monoisotopic (exact) mass is 644 g/mol. The summed E-state index contributed by atoms with van der Waals surface area (Å²) in [7, 11) is 1.28. The lowest BCUT2D eigenvalue weighted by molar-refractivity contribution is -0.164. The Morgan fingerprint density at radius 1 is 1.18 bits per heavy atom. The normalized spacial score (nSPS) is 14.8. The second kappa shape index (κ2) is 12.5. The summed E-state index contributed by atoms with van der Waals surface area (Å²) < 4.78 is 61.1. The third kappa shape index (κ3) is 6.57. The van der Waals surface area contributed by atoms with E-state index in [0.717, 1.165) is 11.0 Å². The number of benzene rings is 2. The van der Waals surface area contributed by atoms with Crippen molar-refractivity contribution in [3.05, 3.63) is 89.1 Å². The van der Waals surface area contributed by atoms with Crippen LogP contribution < -0.4 is 11.1 Å². The number of pyridine rings is 1. The van der Waals surface area contributed by atoms with Gasteiger partial charge in [-0.25, -0.2) is 14.2 Å². The molecule has 4 N–H and O–H groups in total. The first-order chi connectivity index (χ1) is 21.4. The Kier molecular flexibility index (Phi) is 8.73. The van der Waals surface area contributed by atoms with Crippen LogP contribution in [0.3, 0.4) is 0 Å². The third-order valence-electron chi connectivity index (χ3n) is 7.22. The molecular formula is C29H25ClF4N8O3. The number of nitrogens with two attached hydrogens (primary N) is 1. The molecule has 2 amide bonds. The fourth-order valence-corrected chi connectivity index (χ4v) is 4.81. The summed E-state index contributed by atoms with van der Waals surface area (Å²) in [5.74, 6) is -2.02. The van der Waals surface area contributed by atoms with Crippen LogP contribution in [0, 0.1) is 5.82 Å². The largest absolute Gasteiger partial charge is 0.447 e. The van der Waals surface area contributed by atoms with E-state index in [2.05, 4.69) is 25.2 Å². The lowest BCUT2D eigenvalue weighted by Gasteiger charge is -2.31. The topological polar surface area (TPSA) is 151 Å². The summed E-state index contributed by atoms with van der Waals surface area (Å²) in [6.45, 7) is -0.702. The summed E-state index contributed by atoms with van der Waals surface area (Å²) in [6.07, 6.45) is -3.89. The highest BCUT2D eigenvalue weighted by atomic mass is 35.5. The van der Waals surface area contributed by atoms with E-state index >= 15 is 4.39 Å². The van der Waals surface area contributed by atoms with E-state index in [4.69, 9.17) is 22.1 Å². The van der Waals surface area contributed by atoms with Gasteiger partial charge in [-0.3, -0.25) is 24.8 Å². The van der Waals surface area contributed by atoms with Gasteiger partial charge in [-0.05, 0) is 54.8 Å². The maximum absolute atomic E-state index is 15.5. The first-order valence-corrected chi connectivity index (χ1v) is 13.8. The number of carbonyl (C=O) groups is 2. The van der Waals surface area contributed by atoms with E-state index in [-0.39, 0.29) is 29.3 Å². The predicted molar refractivity (Wildman–Crippen MR) is 155 cm³/mol. The minimum Gasteiger partial charge on any atom is -0.447 e. The molecule has 11 nitrogen and oxygen atoms in total. The number of rotatable bonds is 8. The van der Waals surface area contributed by atoms with Crippen LogP contribution in [0.4, 0.5) is 22.4 Å². The van der Waals surface area contributed by atoms with E-state index < -0.39 is 53.7 Å². The van der Waals surface area contributed by atoms with Gasteiger partial charge in [0, 0.05) is 24.4 Å². The second-order valence-electron chi connectivity index (χ2n) is 10.1. The van der Waals surface area contributed by atoms with Crippen molar-refractivity contribution >= 4 is 29.6 Å². The molecule has 0 unspecified atom stereocenters. The number of aliphatic imine (C=N–C) groups is 1. The lowest BCUT2D eigenvalue weighted by Crippen LogP contribution is -2.49. The molecule has 2 heterocycles. The number of nitrogens with one attached hydrogen (secondary N) is 2. The van der Waals surface area contributed by atoms with Gasteiger partial charge in [0.15, 0.2) is 11.8 Å². The average molecular weight is 645 g/mol. The zero-order chi connectivity index (χ0) is 32.4. The zero-order valence-corrected chi connectivity index (χ0v) is 24.2. The molecule has 16 heteroatoms. The molecule has 4 aromatic rings. The first kappa shape index (κ1) is 31.4. The number of guanidine groups is 1. The number of nitrogens with zero attached hydrogens (tertiary/aromatic N) is 5. The van der Waals surface area contributed by atoms with Crippen molar-refractivity contribution in [2.75, 3.05) is 13.7 Å². The van der Waals surface area contributed by atoms with Crippen molar-refractivity contribution in [3.63, 3.8) is 0 Å². The first-order valence-electron chi connectivity index (χ1n) is 13.4. The van der Waals surface area contributed by atoms with E-state index in [1.807, 2.05) is 5.32 Å². The smallest absolute Gasteiger partial charge is 0.411 e. The maximum Gasteiger partial charge on any atom is 0.411 e. The molecule has 1 aliphatic rings. The number of H-pyrrole nitrogens is 1. The molecule has 0 saturated heterocycles. The molecule has 0 bridgehead atoms. The lowest BCUT2D eigenvalue weighted by atomic mass is 10.0. The molecule has 1 saturated carbocycles. The number of amides is 2. The Hall–Kier alpha value is -5.05. The highest BCUT2D eigenvalue weighted by molar-refractivity contribution is 6.33. The van der Waals surface area contributed by atoms with Crippen molar-refractivity contribution in [1.82, 2.24) is 30.4 Å². The van der Waals surface area contributed by atoms with Gasteiger partial charge >= 0.3 is 12.3 Å².